The largest absolute Gasteiger partial charge is 0.368 e. The second-order valence-corrected chi connectivity index (χ2v) is 4.70. The van der Waals surface area contributed by atoms with Crippen molar-refractivity contribution in [2.24, 2.45) is 17.8 Å². The standard InChI is InChI=1S/C8H14O2S/c9-8(10)7(5-1-2-5)6-3-11-4-6/h5-10H,1-4H2. The van der Waals surface area contributed by atoms with Crippen molar-refractivity contribution in [1.29, 1.82) is 0 Å². The molecule has 1 saturated heterocycles. The third-order valence-electron chi connectivity index (χ3n) is 2.72. The van der Waals surface area contributed by atoms with Gasteiger partial charge >= 0.3 is 0 Å². The predicted octanol–water partition coefficient (Wildman–Crippen LogP) is 0.686. The summed E-state index contributed by atoms with van der Waals surface area (Å²) in [5, 5.41) is 18.2. The van der Waals surface area contributed by atoms with Gasteiger partial charge in [-0.1, -0.05) is 0 Å². The number of thioether (sulfide) groups is 1. The Hall–Kier alpha value is 0.270. The first-order valence-electron chi connectivity index (χ1n) is 4.23. The van der Waals surface area contributed by atoms with Crippen LogP contribution in [0.15, 0.2) is 0 Å². The molecule has 3 heteroatoms. The number of rotatable bonds is 3. The maximum absolute atomic E-state index is 9.10. The summed E-state index contributed by atoms with van der Waals surface area (Å²) >= 11 is 1.91. The van der Waals surface area contributed by atoms with E-state index in [1.807, 2.05) is 11.8 Å². The fourth-order valence-corrected chi connectivity index (χ4v) is 2.78. The van der Waals surface area contributed by atoms with Gasteiger partial charge in [-0.3, -0.25) is 0 Å². The van der Waals surface area contributed by atoms with E-state index < -0.39 is 6.29 Å². The summed E-state index contributed by atoms with van der Waals surface area (Å²) in [6.07, 6.45) is 1.36. The van der Waals surface area contributed by atoms with E-state index in [0.717, 1.165) is 11.5 Å². The van der Waals surface area contributed by atoms with Crippen molar-refractivity contribution in [3.63, 3.8) is 0 Å². The summed E-state index contributed by atoms with van der Waals surface area (Å²) in [5.74, 6) is 3.68. The Morgan fingerprint density at radius 1 is 1.09 bits per heavy atom. The lowest BCUT2D eigenvalue weighted by Crippen LogP contribution is -2.36. The van der Waals surface area contributed by atoms with Crippen LogP contribution in [0.3, 0.4) is 0 Å². The van der Waals surface area contributed by atoms with Crippen LogP contribution in [0.1, 0.15) is 12.8 Å². The highest BCUT2D eigenvalue weighted by molar-refractivity contribution is 8.00. The molecule has 1 aliphatic carbocycles. The van der Waals surface area contributed by atoms with E-state index in [1.165, 1.54) is 12.8 Å². The Bertz CT molecular complexity index is 139. The second-order valence-electron chi connectivity index (χ2n) is 3.63. The van der Waals surface area contributed by atoms with Crippen LogP contribution < -0.4 is 0 Å². The zero-order chi connectivity index (χ0) is 7.84. The van der Waals surface area contributed by atoms with E-state index in [9.17, 15) is 0 Å². The molecule has 1 aliphatic heterocycles. The normalized spacial score (nSPS) is 28.6. The third-order valence-corrected chi connectivity index (χ3v) is 4.05. The highest BCUT2D eigenvalue weighted by Crippen LogP contribution is 2.46. The summed E-state index contributed by atoms with van der Waals surface area (Å²) in [6, 6.07) is 0. The summed E-state index contributed by atoms with van der Waals surface area (Å²) in [4.78, 5) is 0. The molecule has 0 amide bonds. The van der Waals surface area contributed by atoms with Crippen LogP contribution in [0.5, 0.6) is 0 Å². The minimum absolute atomic E-state index is 0.191. The minimum Gasteiger partial charge on any atom is -0.368 e. The molecule has 1 unspecified atom stereocenters. The van der Waals surface area contributed by atoms with E-state index in [0.29, 0.717) is 11.8 Å². The van der Waals surface area contributed by atoms with Crippen molar-refractivity contribution in [2.75, 3.05) is 11.5 Å². The number of aliphatic hydroxyl groups excluding tert-OH is 1. The smallest absolute Gasteiger partial charge is 0.154 e. The molecule has 0 aromatic rings. The van der Waals surface area contributed by atoms with Crippen LogP contribution in [0.2, 0.25) is 0 Å². The first-order valence-corrected chi connectivity index (χ1v) is 5.38. The van der Waals surface area contributed by atoms with Crippen LogP contribution in [-0.4, -0.2) is 28.0 Å². The molecule has 0 aromatic heterocycles. The van der Waals surface area contributed by atoms with Crippen molar-refractivity contribution in [1.82, 2.24) is 0 Å². The summed E-state index contributed by atoms with van der Waals surface area (Å²) in [7, 11) is 0. The first-order chi connectivity index (χ1) is 5.29. The molecule has 1 heterocycles. The molecule has 1 saturated carbocycles. The molecule has 11 heavy (non-hydrogen) atoms. The van der Waals surface area contributed by atoms with Gasteiger partial charge in [0.1, 0.15) is 0 Å². The van der Waals surface area contributed by atoms with Crippen molar-refractivity contribution in [3.05, 3.63) is 0 Å². The van der Waals surface area contributed by atoms with Gasteiger partial charge in [-0.15, -0.1) is 0 Å². The summed E-state index contributed by atoms with van der Waals surface area (Å²) < 4.78 is 0. The van der Waals surface area contributed by atoms with Gasteiger partial charge in [0, 0.05) is 5.92 Å². The molecule has 64 valence electrons. The lowest BCUT2D eigenvalue weighted by molar-refractivity contribution is -0.103. The van der Waals surface area contributed by atoms with Crippen molar-refractivity contribution < 1.29 is 10.2 Å². The van der Waals surface area contributed by atoms with Crippen LogP contribution in [-0.2, 0) is 0 Å². The predicted molar refractivity (Wildman–Crippen MR) is 45.3 cm³/mol. The van der Waals surface area contributed by atoms with Crippen molar-refractivity contribution in [3.8, 4) is 0 Å². The fourth-order valence-electron chi connectivity index (χ4n) is 1.83. The zero-order valence-electron chi connectivity index (χ0n) is 6.44. The molecule has 2 rings (SSSR count). The second kappa shape index (κ2) is 2.96. The first kappa shape index (κ1) is 7.90. The number of aliphatic hydroxyl groups is 2. The fraction of sp³-hybridized carbons (Fsp3) is 1.00. The van der Waals surface area contributed by atoms with Crippen LogP contribution >= 0.6 is 11.8 Å². The molecule has 0 aromatic carbocycles. The van der Waals surface area contributed by atoms with E-state index >= 15 is 0 Å². The van der Waals surface area contributed by atoms with Crippen LogP contribution in [0.4, 0.5) is 0 Å². The summed E-state index contributed by atoms with van der Waals surface area (Å²) in [5.41, 5.74) is 0. The van der Waals surface area contributed by atoms with E-state index in [4.69, 9.17) is 10.2 Å². The van der Waals surface area contributed by atoms with Crippen LogP contribution in [0.25, 0.3) is 0 Å². The molecular weight excluding hydrogens is 160 g/mol. The molecule has 2 N–H and O–H groups in total. The third kappa shape index (κ3) is 1.55. The highest BCUT2D eigenvalue weighted by Gasteiger charge is 2.42. The Balaban J connectivity index is 1.91. The molecule has 2 fully saturated rings. The molecule has 1 atom stereocenters. The van der Waals surface area contributed by atoms with E-state index in [2.05, 4.69) is 0 Å². The molecule has 2 nitrogen and oxygen atoms in total. The lowest BCUT2D eigenvalue weighted by atomic mass is 9.89. The van der Waals surface area contributed by atoms with Gasteiger partial charge in [-0.25, -0.2) is 0 Å². The van der Waals surface area contributed by atoms with Crippen molar-refractivity contribution >= 4 is 11.8 Å². The quantitative estimate of drug-likeness (QED) is 0.618. The SMILES string of the molecule is OC(O)C(C1CC1)C1CSC1. The Kier molecular flexibility index (Phi) is 2.12. The Morgan fingerprint density at radius 3 is 2.00 bits per heavy atom. The number of hydrogen-bond donors (Lipinski definition) is 2. The van der Waals surface area contributed by atoms with Gasteiger partial charge in [0.2, 0.25) is 0 Å². The van der Waals surface area contributed by atoms with Gasteiger partial charge < -0.3 is 10.2 Å². The molecule has 2 aliphatic rings. The molecule has 0 bridgehead atoms. The average molecular weight is 174 g/mol. The van der Waals surface area contributed by atoms with Gasteiger partial charge in [0.05, 0.1) is 0 Å². The van der Waals surface area contributed by atoms with Gasteiger partial charge in [-0.05, 0) is 36.2 Å². The monoisotopic (exact) mass is 174 g/mol. The summed E-state index contributed by atoms with van der Waals surface area (Å²) in [6.45, 7) is 0. The van der Waals surface area contributed by atoms with Gasteiger partial charge in [-0.2, -0.15) is 11.8 Å². The van der Waals surface area contributed by atoms with Crippen molar-refractivity contribution in [2.45, 2.75) is 19.1 Å². The maximum Gasteiger partial charge on any atom is 0.154 e. The number of hydrogen-bond acceptors (Lipinski definition) is 3. The molecule has 0 spiro atoms. The van der Waals surface area contributed by atoms with E-state index in [1.54, 1.807) is 0 Å². The Labute approximate surface area is 71.0 Å². The lowest BCUT2D eigenvalue weighted by Gasteiger charge is -2.34. The van der Waals surface area contributed by atoms with Gasteiger partial charge in [0.25, 0.3) is 0 Å². The minimum atomic E-state index is -1.06. The highest BCUT2D eigenvalue weighted by atomic mass is 32.2. The molecule has 0 radical (unpaired) electrons. The maximum atomic E-state index is 9.10. The topological polar surface area (TPSA) is 40.5 Å². The zero-order valence-corrected chi connectivity index (χ0v) is 7.26. The Morgan fingerprint density at radius 2 is 1.73 bits per heavy atom. The molecular formula is C8H14O2S. The average Bonchev–Trinajstić information content (AvgIpc) is 2.58. The van der Waals surface area contributed by atoms with Gasteiger partial charge in [0.15, 0.2) is 6.29 Å². The van der Waals surface area contributed by atoms with Crippen LogP contribution in [0, 0.1) is 17.8 Å². The van der Waals surface area contributed by atoms with E-state index in [-0.39, 0.29) is 5.92 Å².